The maximum absolute atomic E-state index is 12.7. The Hall–Kier alpha value is -2.37. The molecule has 1 aliphatic rings. The highest BCUT2D eigenvalue weighted by atomic mass is 16.3. The highest BCUT2D eigenvalue weighted by Gasteiger charge is 2.27. The fourth-order valence-corrected chi connectivity index (χ4v) is 3.38. The molecular weight excluding hydrogens is 318 g/mol. The van der Waals surface area contributed by atoms with Gasteiger partial charge in [0.2, 0.25) is 5.91 Å². The number of carbonyl (C=O) groups is 2. The van der Waals surface area contributed by atoms with Crippen LogP contribution in [-0.4, -0.2) is 52.8 Å². The van der Waals surface area contributed by atoms with Gasteiger partial charge in [-0.05, 0) is 31.0 Å². The Balaban J connectivity index is 1.65. The Morgan fingerprint density at radius 2 is 1.76 bits per heavy atom. The first kappa shape index (κ1) is 17.5. The van der Waals surface area contributed by atoms with Crippen molar-refractivity contribution >= 4 is 22.9 Å². The second-order valence-electron chi connectivity index (χ2n) is 6.55. The van der Waals surface area contributed by atoms with Crippen molar-refractivity contribution in [2.45, 2.75) is 33.6 Å². The number of hydrogen-bond acceptors (Lipinski definition) is 4. The second kappa shape index (κ2) is 7.25. The molecule has 0 radical (unpaired) electrons. The first-order valence-corrected chi connectivity index (χ1v) is 8.98. The van der Waals surface area contributed by atoms with Crippen LogP contribution in [0.3, 0.4) is 0 Å². The van der Waals surface area contributed by atoms with Crippen LogP contribution >= 0.6 is 0 Å². The van der Waals surface area contributed by atoms with Gasteiger partial charge in [0, 0.05) is 44.6 Å². The van der Waals surface area contributed by atoms with Crippen LogP contribution in [0.2, 0.25) is 0 Å². The third kappa shape index (κ3) is 3.52. The van der Waals surface area contributed by atoms with Gasteiger partial charge in [0.15, 0.2) is 11.5 Å². The van der Waals surface area contributed by atoms with Crippen molar-refractivity contribution in [2.75, 3.05) is 26.2 Å². The van der Waals surface area contributed by atoms with E-state index in [0.29, 0.717) is 43.2 Å². The van der Waals surface area contributed by atoms with Crippen molar-refractivity contribution in [3.63, 3.8) is 0 Å². The maximum Gasteiger partial charge on any atom is 0.254 e. The number of nitrogens with zero attached hydrogens (tertiary/aromatic N) is 3. The van der Waals surface area contributed by atoms with E-state index in [2.05, 4.69) is 4.98 Å². The molecule has 1 aromatic carbocycles. The summed E-state index contributed by atoms with van der Waals surface area (Å²) in [6, 6.07) is 5.35. The van der Waals surface area contributed by atoms with Crippen LogP contribution in [0.15, 0.2) is 22.6 Å². The molecule has 0 unspecified atom stereocenters. The Labute approximate surface area is 147 Å². The monoisotopic (exact) mass is 343 g/mol. The van der Waals surface area contributed by atoms with E-state index in [0.717, 1.165) is 18.4 Å². The molecule has 6 heteroatoms. The summed E-state index contributed by atoms with van der Waals surface area (Å²) >= 11 is 0. The molecule has 0 bridgehead atoms. The Morgan fingerprint density at radius 3 is 2.40 bits per heavy atom. The molecule has 3 rings (SSSR count). The van der Waals surface area contributed by atoms with Gasteiger partial charge in [-0.25, -0.2) is 4.98 Å². The van der Waals surface area contributed by atoms with Crippen molar-refractivity contribution in [1.82, 2.24) is 14.8 Å². The molecule has 6 nitrogen and oxygen atoms in total. The van der Waals surface area contributed by atoms with Crippen molar-refractivity contribution in [3.05, 3.63) is 29.7 Å². The molecule has 1 aliphatic heterocycles. The van der Waals surface area contributed by atoms with Crippen LogP contribution in [0, 0.1) is 12.8 Å². The van der Waals surface area contributed by atoms with Gasteiger partial charge in [0.05, 0.1) is 0 Å². The van der Waals surface area contributed by atoms with Crippen LogP contribution in [0.5, 0.6) is 0 Å². The summed E-state index contributed by atoms with van der Waals surface area (Å²) in [5.41, 5.74) is 1.99. The number of rotatable bonds is 4. The topological polar surface area (TPSA) is 66.7 Å². The molecule has 0 saturated carbocycles. The lowest BCUT2D eigenvalue weighted by Crippen LogP contribution is -2.51. The first-order chi connectivity index (χ1) is 12.0. The van der Waals surface area contributed by atoms with Gasteiger partial charge in [-0.15, -0.1) is 0 Å². The van der Waals surface area contributed by atoms with E-state index in [1.54, 1.807) is 24.0 Å². The average molecular weight is 343 g/mol. The number of amides is 2. The van der Waals surface area contributed by atoms with Gasteiger partial charge < -0.3 is 14.2 Å². The van der Waals surface area contributed by atoms with Crippen LogP contribution in [0.25, 0.3) is 11.1 Å². The summed E-state index contributed by atoms with van der Waals surface area (Å²) in [6.45, 7) is 8.23. The van der Waals surface area contributed by atoms with Gasteiger partial charge in [-0.2, -0.15) is 0 Å². The average Bonchev–Trinajstić information content (AvgIpc) is 3.01. The smallest absolute Gasteiger partial charge is 0.254 e. The predicted molar refractivity (Wildman–Crippen MR) is 95.3 cm³/mol. The van der Waals surface area contributed by atoms with Gasteiger partial charge in [0.25, 0.3) is 5.91 Å². The number of aromatic nitrogens is 1. The molecule has 2 amide bonds. The van der Waals surface area contributed by atoms with Gasteiger partial charge in [-0.1, -0.05) is 13.8 Å². The molecule has 25 heavy (non-hydrogen) atoms. The summed E-state index contributed by atoms with van der Waals surface area (Å²) in [4.78, 5) is 33.1. The summed E-state index contributed by atoms with van der Waals surface area (Å²) in [5, 5.41) is 0. The second-order valence-corrected chi connectivity index (χ2v) is 6.55. The van der Waals surface area contributed by atoms with Crippen molar-refractivity contribution in [3.8, 4) is 0 Å². The molecule has 0 spiro atoms. The van der Waals surface area contributed by atoms with E-state index in [-0.39, 0.29) is 17.7 Å². The Bertz CT molecular complexity index is 771. The zero-order valence-electron chi connectivity index (χ0n) is 15.1. The third-order valence-corrected chi connectivity index (χ3v) is 4.96. The summed E-state index contributed by atoms with van der Waals surface area (Å²) in [6.07, 6.45) is 1.73. The number of benzene rings is 1. The number of piperazine rings is 1. The van der Waals surface area contributed by atoms with E-state index in [9.17, 15) is 9.59 Å². The number of carbonyl (C=O) groups excluding carboxylic acids is 2. The van der Waals surface area contributed by atoms with Gasteiger partial charge >= 0.3 is 0 Å². The highest BCUT2D eigenvalue weighted by Crippen LogP contribution is 2.19. The van der Waals surface area contributed by atoms with Crippen molar-refractivity contribution in [2.24, 2.45) is 5.92 Å². The molecule has 2 aromatic rings. The van der Waals surface area contributed by atoms with Crippen molar-refractivity contribution < 1.29 is 14.0 Å². The Morgan fingerprint density at radius 1 is 1.12 bits per heavy atom. The molecule has 0 atom stereocenters. The summed E-state index contributed by atoms with van der Waals surface area (Å²) in [7, 11) is 0. The first-order valence-electron chi connectivity index (χ1n) is 8.98. The molecule has 134 valence electrons. The molecule has 1 fully saturated rings. The van der Waals surface area contributed by atoms with E-state index in [1.807, 2.05) is 24.8 Å². The van der Waals surface area contributed by atoms with E-state index in [1.165, 1.54) is 0 Å². The minimum absolute atomic E-state index is 0.0226. The number of fused-ring (bicyclic) bond motifs is 1. The minimum atomic E-state index is -0.0226. The number of oxazole rings is 1. The minimum Gasteiger partial charge on any atom is -0.441 e. The molecule has 0 aliphatic carbocycles. The molecule has 1 saturated heterocycles. The number of hydrogen-bond donors (Lipinski definition) is 0. The van der Waals surface area contributed by atoms with Gasteiger partial charge in [-0.3, -0.25) is 9.59 Å². The quantitative estimate of drug-likeness (QED) is 0.856. The van der Waals surface area contributed by atoms with Crippen LogP contribution in [-0.2, 0) is 4.79 Å². The van der Waals surface area contributed by atoms with E-state index in [4.69, 9.17) is 4.42 Å². The molecule has 1 aromatic heterocycles. The maximum atomic E-state index is 12.7. The van der Waals surface area contributed by atoms with Crippen LogP contribution in [0.4, 0.5) is 0 Å². The highest BCUT2D eigenvalue weighted by molar-refractivity contribution is 5.97. The fraction of sp³-hybridized carbons (Fsp3) is 0.526. The molecule has 0 N–H and O–H groups in total. The third-order valence-electron chi connectivity index (χ3n) is 4.96. The van der Waals surface area contributed by atoms with Crippen molar-refractivity contribution in [1.29, 1.82) is 0 Å². The normalized spacial score (nSPS) is 15.2. The summed E-state index contributed by atoms with van der Waals surface area (Å²) < 4.78 is 5.51. The van der Waals surface area contributed by atoms with Gasteiger partial charge in [0.1, 0.15) is 5.52 Å². The Kier molecular flexibility index (Phi) is 5.06. The zero-order chi connectivity index (χ0) is 18.0. The number of aryl methyl sites for hydroxylation is 1. The summed E-state index contributed by atoms with van der Waals surface area (Å²) in [5.74, 6) is 0.883. The molecular formula is C19H25N3O3. The SMILES string of the molecule is CCC(CC)C(=O)N1CCN(C(=O)c2ccc3nc(C)oc3c2)CC1. The standard InChI is InChI=1S/C19H25N3O3/c1-4-14(5-2)18(23)21-8-10-22(11-9-21)19(24)15-6-7-16-17(12-15)25-13(3)20-16/h6-7,12,14H,4-5,8-11H2,1-3H3. The molecule has 2 heterocycles. The fourth-order valence-electron chi connectivity index (χ4n) is 3.38. The lowest BCUT2D eigenvalue weighted by Gasteiger charge is -2.36. The lowest BCUT2D eigenvalue weighted by molar-refractivity contribution is -0.137. The van der Waals surface area contributed by atoms with E-state index < -0.39 is 0 Å². The van der Waals surface area contributed by atoms with Crippen LogP contribution < -0.4 is 0 Å². The predicted octanol–water partition coefficient (Wildman–Crippen LogP) is 2.86. The zero-order valence-corrected chi connectivity index (χ0v) is 15.1. The van der Waals surface area contributed by atoms with E-state index >= 15 is 0 Å². The van der Waals surface area contributed by atoms with Crippen LogP contribution in [0.1, 0.15) is 42.9 Å². The lowest BCUT2D eigenvalue weighted by atomic mass is 10.0. The largest absolute Gasteiger partial charge is 0.441 e.